The Kier molecular flexibility index (Phi) is 1.54. The van der Waals surface area contributed by atoms with E-state index in [0.29, 0.717) is 6.54 Å². The lowest BCUT2D eigenvalue weighted by atomic mass is 9.96. The van der Waals surface area contributed by atoms with Crippen LogP contribution in [0, 0.1) is 5.92 Å². The second-order valence-electron chi connectivity index (χ2n) is 2.71. The maximum atomic E-state index is 11.1. The van der Waals surface area contributed by atoms with Crippen molar-refractivity contribution in [3.63, 3.8) is 0 Å². The van der Waals surface area contributed by atoms with Crippen LogP contribution < -0.4 is 5.32 Å². The molecule has 0 radical (unpaired) electrons. The molecule has 11 heavy (non-hydrogen) atoms. The Labute approximate surface area is 64.4 Å². The maximum absolute atomic E-state index is 11.1. The van der Waals surface area contributed by atoms with Crippen molar-refractivity contribution < 1.29 is 4.79 Å². The number of nitrogens with one attached hydrogen (secondary N) is 1. The fraction of sp³-hybridized carbons (Fsp3) is 0.571. The van der Waals surface area contributed by atoms with Gasteiger partial charge >= 0.3 is 0 Å². The minimum atomic E-state index is -0.0752. The van der Waals surface area contributed by atoms with E-state index in [4.69, 9.17) is 0 Å². The molecule has 2 rings (SSSR count). The van der Waals surface area contributed by atoms with E-state index in [9.17, 15) is 4.79 Å². The first-order chi connectivity index (χ1) is 5.38. The lowest BCUT2D eigenvalue weighted by Gasteiger charge is -2.23. The number of fused-ring (bicyclic) bond motifs is 1. The van der Waals surface area contributed by atoms with Crippen LogP contribution in [0.2, 0.25) is 0 Å². The highest BCUT2D eigenvalue weighted by atomic mass is 16.1. The fourth-order valence-corrected chi connectivity index (χ4v) is 1.39. The zero-order valence-corrected chi connectivity index (χ0v) is 6.08. The van der Waals surface area contributed by atoms with E-state index in [1.54, 1.807) is 0 Å². The molecule has 0 spiro atoms. The molecule has 1 amide bonds. The minimum Gasteiger partial charge on any atom is -0.315 e. The van der Waals surface area contributed by atoms with Crippen LogP contribution in [0.15, 0.2) is 9.98 Å². The second kappa shape index (κ2) is 2.54. The standard InChI is InChI=1S/C7H9N3O/c11-7-5-3-8-2-1-6(5)9-4-10-7/h4-5,8H,1-3H2/t5-/m0/s1. The number of carbonyl (C=O) groups excluding carboxylic acids is 1. The van der Waals surface area contributed by atoms with Crippen molar-refractivity contribution in [2.45, 2.75) is 6.42 Å². The maximum Gasteiger partial charge on any atom is 0.257 e. The van der Waals surface area contributed by atoms with Crippen molar-refractivity contribution in [3.8, 4) is 0 Å². The number of rotatable bonds is 0. The van der Waals surface area contributed by atoms with Gasteiger partial charge < -0.3 is 5.32 Å². The topological polar surface area (TPSA) is 53.8 Å². The van der Waals surface area contributed by atoms with Crippen LogP contribution in [0.4, 0.5) is 0 Å². The highest BCUT2D eigenvalue weighted by Crippen LogP contribution is 2.12. The molecular weight excluding hydrogens is 142 g/mol. The van der Waals surface area contributed by atoms with Crippen LogP contribution in [0.1, 0.15) is 6.42 Å². The first kappa shape index (κ1) is 6.67. The van der Waals surface area contributed by atoms with Crippen molar-refractivity contribution in [3.05, 3.63) is 0 Å². The van der Waals surface area contributed by atoms with Crippen LogP contribution in [0.3, 0.4) is 0 Å². The summed E-state index contributed by atoms with van der Waals surface area (Å²) in [6.45, 7) is 1.63. The average Bonchev–Trinajstić information content (AvgIpc) is 2.06. The van der Waals surface area contributed by atoms with Gasteiger partial charge in [0.1, 0.15) is 6.34 Å². The second-order valence-corrected chi connectivity index (χ2v) is 2.71. The van der Waals surface area contributed by atoms with E-state index >= 15 is 0 Å². The van der Waals surface area contributed by atoms with E-state index in [1.165, 1.54) is 6.34 Å². The third-order valence-corrected chi connectivity index (χ3v) is 2.02. The smallest absolute Gasteiger partial charge is 0.257 e. The lowest BCUT2D eigenvalue weighted by Crippen LogP contribution is -2.42. The first-order valence-corrected chi connectivity index (χ1v) is 3.71. The van der Waals surface area contributed by atoms with Crippen LogP contribution in [0.5, 0.6) is 0 Å². The fourth-order valence-electron chi connectivity index (χ4n) is 1.39. The highest BCUT2D eigenvalue weighted by molar-refractivity contribution is 6.12. The molecule has 1 fully saturated rings. The summed E-state index contributed by atoms with van der Waals surface area (Å²) in [5.41, 5.74) is 0.990. The Morgan fingerprint density at radius 2 is 2.55 bits per heavy atom. The summed E-state index contributed by atoms with van der Waals surface area (Å²) in [5.74, 6) is -0.129. The molecule has 58 valence electrons. The first-order valence-electron chi connectivity index (χ1n) is 3.71. The van der Waals surface area contributed by atoms with Gasteiger partial charge in [-0.3, -0.25) is 4.79 Å². The zero-order valence-electron chi connectivity index (χ0n) is 6.08. The summed E-state index contributed by atoms with van der Waals surface area (Å²) in [5, 5.41) is 3.14. The van der Waals surface area contributed by atoms with Gasteiger partial charge in [0, 0.05) is 18.8 Å². The van der Waals surface area contributed by atoms with Crippen LogP contribution >= 0.6 is 0 Å². The number of aliphatic imine (C=N–C) groups is 2. The number of amides is 1. The molecule has 0 bridgehead atoms. The minimum absolute atomic E-state index is 0.0535. The summed E-state index contributed by atoms with van der Waals surface area (Å²) < 4.78 is 0. The normalized spacial score (nSPS) is 29.6. The molecule has 4 nitrogen and oxygen atoms in total. The third kappa shape index (κ3) is 1.09. The molecule has 0 aromatic rings. The molecule has 1 N–H and O–H groups in total. The molecule has 2 aliphatic rings. The Balaban J connectivity index is 2.25. The lowest BCUT2D eigenvalue weighted by molar-refractivity contribution is -0.119. The number of hydrogen-bond acceptors (Lipinski definition) is 3. The van der Waals surface area contributed by atoms with Crippen LogP contribution in [0.25, 0.3) is 0 Å². The number of piperidine rings is 1. The molecule has 2 heterocycles. The predicted molar refractivity (Wildman–Crippen MR) is 41.9 cm³/mol. The van der Waals surface area contributed by atoms with Gasteiger partial charge in [-0.25, -0.2) is 9.98 Å². The summed E-state index contributed by atoms with van der Waals surface area (Å²) in [6, 6.07) is 0. The quantitative estimate of drug-likeness (QED) is 0.512. The summed E-state index contributed by atoms with van der Waals surface area (Å²) in [6.07, 6.45) is 2.24. The van der Waals surface area contributed by atoms with Gasteiger partial charge in [-0.05, 0) is 6.42 Å². The Morgan fingerprint density at radius 3 is 3.36 bits per heavy atom. The van der Waals surface area contributed by atoms with Gasteiger partial charge in [0.2, 0.25) is 0 Å². The SMILES string of the molecule is O=C1N=CN=C2CCNC[C@H]12. The number of nitrogens with zero attached hydrogens (tertiary/aromatic N) is 2. The van der Waals surface area contributed by atoms with E-state index < -0.39 is 0 Å². The Bertz CT molecular complexity index is 244. The van der Waals surface area contributed by atoms with Gasteiger partial charge in [-0.2, -0.15) is 0 Å². The predicted octanol–water partition coefficient (Wildman–Crippen LogP) is -0.395. The summed E-state index contributed by atoms with van der Waals surface area (Å²) >= 11 is 0. The summed E-state index contributed by atoms with van der Waals surface area (Å²) in [4.78, 5) is 18.8. The van der Waals surface area contributed by atoms with Crippen molar-refractivity contribution in [2.75, 3.05) is 13.1 Å². The van der Waals surface area contributed by atoms with Gasteiger partial charge in [0.25, 0.3) is 5.91 Å². The molecule has 0 aromatic heterocycles. The molecule has 0 aliphatic carbocycles. The molecule has 0 unspecified atom stereocenters. The van der Waals surface area contributed by atoms with Crippen LogP contribution in [-0.2, 0) is 4.79 Å². The molecule has 1 saturated heterocycles. The van der Waals surface area contributed by atoms with E-state index in [0.717, 1.165) is 18.7 Å². The van der Waals surface area contributed by atoms with Crippen LogP contribution in [-0.4, -0.2) is 31.0 Å². The van der Waals surface area contributed by atoms with Gasteiger partial charge in [0.15, 0.2) is 0 Å². The van der Waals surface area contributed by atoms with E-state index in [-0.39, 0.29) is 11.8 Å². The third-order valence-electron chi connectivity index (χ3n) is 2.02. The average molecular weight is 151 g/mol. The molecular formula is C7H9N3O. The monoisotopic (exact) mass is 151 g/mol. The number of carbonyl (C=O) groups is 1. The van der Waals surface area contributed by atoms with Gasteiger partial charge in [-0.15, -0.1) is 0 Å². The van der Waals surface area contributed by atoms with Crippen molar-refractivity contribution >= 4 is 18.0 Å². The zero-order chi connectivity index (χ0) is 7.68. The molecule has 0 saturated carbocycles. The molecule has 4 heteroatoms. The van der Waals surface area contributed by atoms with Crippen molar-refractivity contribution in [2.24, 2.45) is 15.9 Å². The number of hydrogen-bond donors (Lipinski definition) is 1. The van der Waals surface area contributed by atoms with Gasteiger partial charge in [0.05, 0.1) is 5.92 Å². The Hall–Kier alpha value is -1.03. The van der Waals surface area contributed by atoms with Gasteiger partial charge in [-0.1, -0.05) is 0 Å². The van der Waals surface area contributed by atoms with Crippen molar-refractivity contribution in [1.29, 1.82) is 0 Å². The van der Waals surface area contributed by atoms with E-state index in [2.05, 4.69) is 15.3 Å². The molecule has 1 atom stereocenters. The summed E-state index contributed by atoms with van der Waals surface area (Å²) in [7, 11) is 0. The highest BCUT2D eigenvalue weighted by Gasteiger charge is 2.27. The molecule has 0 aromatic carbocycles. The molecule has 2 aliphatic heterocycles. The van der Waals surface area contributed by atoms with Crippen molar-refractivity contribution in [1.82, 2.24) is 5.32 Å². The largest absolute Gasteiger partial charge is 0.315 e. The van der Waals surface area contributed by atoms with E-state index in [1.807, 2.05) is 0 Å². The Morgan fingerprint density at radius 1 is 1.64 bits per heavy atom.